The second-order valence-corrected chi connectivity index (χ2v) is 5.34. The highest BCUT2D eigenvalue weighted by atomic mass is 32.2. The predicted octanol–water partition coefficient (Wildman–Crippen LogP) is 2.24. The van der Waals surface area contributed by atoms with Gasteiger partial charge in [0.05, 0.1) is 5.75 Å². The van der Waals surface area contributed by atoms with Crippen molar-refractivity contribution in [2.45, 2.75) is 49.6 Å². The van der Waals surface area contributed by atoms with Crippen LogP contribution in [0.5, 0.6) is 0 Å². The number of aromatic nitrogens is 5. The molecule has 0 aromatic carbocycles. The normalized spacial score (nSPS) is 15.2. The molecule has 7 heteroatoms. The van der Waals surface area contributed by atoms with Crippen molar-refractivity contribution in [2.24, 2.45) is 0 Å². The fourth-order valence-electron chi connectivity index (χ4n) is 1.74. The minimum absolute atomic E-state index is 0.598. The van der Waals surface area contributed by atoms with Gasteiger partial charge in [0, 0.05) is 12.5 Å². The van der Waals surface area contributed by atoms with Crippen molar-refractivity contribution >= 4 is 11.8 Å². The van der Waals surface area contributed by atoms with Gasteiger partial charge in [-0.1, -0.05) is 23.8 Å². The van der Waals surface area contributed by atoms with Gasteiger partial charge in [0.15, 0.2) is 11.0 Å². The third-order valence-electron chi connectivity index (χ3n) is 2.79. The zero-order valence-corrected chi connectivity index (χ0v) is 11.1. The Bertz CT molecular complexity index is 519. The van der Waals surface area contributed by atoms with Gasteiger partial charge >= 0.3 is 0 Å². The quantitative estimate of drug-likeness (QED) is 0.746. The van der Waals surface area contributed by atoms with Crippen LogP contribution in [-0.2, 0) is 12.2 Å². The van der Waals surface area contributed by atoms with Crippen LogP contribution in [0.15, 0.2) is 16.0 Å². The molecule has 0 amide bonds. The van der Waals surface area contributed by atoms with Crippen molar-refractivity contribution in [3.63, 3.8) is 0 Å². The lowest BCUT2D eigenvalue weighted by molar-refractivity contribution is 0.384. The van der Waals surface area contributed by atoms with Crippen LogP contribution in [0, 0.1) is 0 Å². The zero-order chi connectivity index (χ0) is 12.4. The SMILES string of the molecule is CCCc1noc(CSc2nncn2C2CC2)n1. The Balaban J connectivity index is 1.60. The monoisotopic (exact) mass is 265 g/mol. The molecule has 18 heavy (non-hydrogen) atoms. The Hall–Kier alpha value is -1.37. The summed E-state index contributed by atoms with van der Waals surface area (Å²) in [6.07, 6.45) is 6.16. The fraction of sp³-hybridized carbons (Fsp3) is 0.636. The molecule has 1 aliphatic rings. The summed E-state index contributed by atoms with van der Waals surface area (Å²) >= 11 is 1.60. The first-order valence-corrected chi connectivity index (χ1v) is 7.19. The van der Waals surface area contributed by atoms with Crippen LogP contribution in [0.2, 0.25) is 0 Å². The summed E-state index contributed by atoms with van der Waals surface area (Å²) in [5.74, 6) is 2.10. The van der Waals surface area contributed by atoms with Crippen LogP contribution in [0.25, 0.3) is 0 Å². The highest BCUT2D eigenvalue weighted by molar-refractivity contribution is 7.98. The standard InChI is InChI=1S/C11H15N5OS/c1-2-3-9-13-10(17-15-9)6-18-11-14-12-7-16(11)8-4-5-8/h7-8H,2-6H2,1H3. The average molecular weight is 265 g/mol. The van der Waals surface area contributed by atoms with Gasteiger partial charge < -0.3 is 9.09 Å². The second kappa shape index (κ2) is 5.09. The summed E-state index contributed by atoms with van der Waals surface area (Å²) < 4.78 is 7.32. The molecule has 0 unspecified atom stereocenters. The lowest BCUT2D eigenvalue weighted by Crippen LogP contribution is -1.95. The number of aryl methyl sites for hydroxylation is 1. The van der Waals surface area contributed by atoms with E-state index in [2.05, 4.69) is 31.8 Å². The highest BCUT2D eigenvalue weighted by Gasteiger charge is 2.26. The van der Waals surface area contributed by atoms with Crippen LogP contribution in [0.1, 0.15) is 43.9 Å². The van der Waals surface area contributed by atoms with E-state index in [4.69, 9.17) is 4.52 Å². The average Bonchev–Trinajstić information content (AvgIpc) is 2.94. The smallest absolute Gasteiger partial charge is 0.237 e. The summed E-state index contributed by atoms with van der Waals surface area (Å²) in [5, 5.41) is 12.9. The Morgan fingerprint density at radius 3 is 3.17 bits per heavy atom. The first kappa shape index (κ1) is 11.7. The van der Waals surface area contributed by atoms with Crippen molar-refractivity contribution < 1.29 is 4.52 Å². The van der Waals surface area contributed by atoms with E-state index >= 15 is 0 Å². The summed E-state index contributed by atoms with van der Waals surface area (Å²) in [6, 6.07) is 0.598. The van der Waals surface area contributed by atoms with Gasteiger partial charge in [-0.3, -0.25) is 0 Å². The number of nitrogens with zero attached hydrogens (tertiary/aromatic N) is 5. The number of hydrogen-bond acceptors (Lipinski definition) is 6. The zero-order valence-electron chi connectivity index (χ0n) is 10.2. The maximum Gasteiger partial charge on any atom is 0.237 e. The van der Waals surface area contributed by atoms with E-state index in [1.165, 1.54) is 12.8 Å². The highest BCUT2D eigenvalue weighted by Crippen LogP contribution is 2.37. The van der Waals surface area contributed by atoms with E-state index < -0.39 is 0 Å². The van der Waals surface area contributed by atoms with Crippen LogP contribution in [0.4, 0.5) is 0 Å². The third kappa shape index (κ3) is 2.55. The third-order valence-corrected chi connectivity index (χ3v) is 3.73. The van der Waals surface area contributed by atoms with Gasteiger partial charge in [-0.2, -0.15) is 4.98 Å². The maximum atomic E-state index is 5.19. The second-order valence-electron chi connectivity index (χ2n) is 4.39. The van der Waals surface area contributed by atoms with E-state index in [0.717, 1.165) is 23.8 Å². The Kier molecular flexibility index (Phi) is 3.31. The molecule has 96 valence electrons. The van der Waals surface area contributed by atoms with E-state index in [0.29, 0.717) is 17.7 Å². The van der Waals surface area contributed by atoms with Crippen LogP contribution in [-0.4, -0.2) is 24.9 Å². The molecule has 0 aliphatic heterocycles. The maximum absolute atomic E-state index is 5.19. The largest absolute Gasteiger partial charge is 0.338 e. The lowest BCUT2D eigenvalue weighted by Gasteiger charge is -2.01. The van der Waals surface area contributed by atoms with Crippen molar-refractivity contribution in [3.05, 3.63) is 18.0 Å². The number of rotatable bonds is 6. The number of hydrogen-bond donors (Lipinski definition) is 0. The van der Waals surface area contributed by atoms with Gasteiger partial charge in [0.25, 0.3) is 0 Å². The molecule has 2 aromatic heterocycles. The molecule has 1 aliphatic carbocycles. The molecule has 0 bridgehead atoms. The van der Waals surface area contributed by atoms with E-state index in [1.807, 2.05) is 0 Å². The Morgan fingerprint density at radius 1 is 1.50 bits per heavy atom. The summed E-state index contributed by atoms with van der Waals surface area (Å²) in [5.41, 5.74) is 0. The minimum Gasteiger partial charge on any atom is -0.338 e. The molecule has 1 saturated carbocycles. The Morgan fingerprint density at radius 2 is 2.39 bits per heavy atom. The molecular weight excluding hydrogens is 250 g/mol. The van der Waals surface area contributed by atoms with E-state index in [-0.39, 0.29) is 0 Å². The number of thioether (sulfide) groups is 1. The molecule has 0 N–H and O–H groups in total. The molecule has 0 atom stereocenters. The minimum atomic E-state index is 0.598. The summed E-state index contributed by atoms with van der Waals surface area (Å²) in [6.45, 7) is 2.10. The molecule has 3 rings (SSSR count). The fourth-order valence-corrected chi connectivity index (χ4v) is 2.56. The van der Waals surface area contributed by atoms with Crippen molar-refractivity contribution in [2.75, 3.05) is 0 Å². The molecule has 6 nitrogen and oxygen atoms in total. The van der Waals surface area contributed by atoms with Gasteiger partial charge in [-0.05, 0) is 19.3 Å². The topological polar surface area (TPSA) is 69.6 Å². The first-order chi connectivity index (χ1) is 8.86. The van der Waals surface area contributed by atoms with Crippen molar-refractivity contribution in [1.29, 1.82) is 0 Å². The van der Waals surface area contributed by atoms with Crippen molar-refractivity contribution in [1.82, 2.24) is 24.9 Å². The van der Waals surface area contributed by atoms with Gasteiger partial charge in [0.2, 0.25) is 5.89 Å². The first-order valence-electron chi connectivity index (χ1n) is 6.20. The summed E-state index contributed by atoms with van der Waals surface area (Å²) in [7, 11) is 0. The molecular formula is C11H15N5OS. The van der Waals surface area contributed by atoms with Gasteiger partial charge in [0.1, 0.15) is 6.33 Å². The van der Waals surface area contributed by atoms with Crippen molar-refractivity contribution in [3.8, 4) is 0 Å². The van der Waals surface area contributed by atoms with E-state index in [9.17, 15) is 0 Å². The molecule has 1 fully saturated rings. The predicted molar refractivity (Wildman–Crippen MR) is 66.1 cm³/mol. The molecule has 0 radical (unpaired) electrons. The van der Waals surface area contributed by atoms with Crippen LogP contribution in [0.3, 0.4) is 0 Å². The van der Waals surface area contributed by atoms with Gasteiger partial charge in [-0.15, -0.1) is 10.2 Å². The Labute approximate surface area is 109 Å². The lowest BCUT2D eigenvalue weighted by atomic mass is 10.3. The molecule has 2 heterocycles. The molecule has 0 saturated heterocycles. The van der Waals surface area contributed by atoms with Crippen LogP contribution < -0.4 is 0 Å². The summed E-state index contributed by atoms with van der Waals surface area (Å²) in [4.78, 5) is 4.33. The van der Waals surface area contributed by atoms with Gasteiger partial charge in [-0.25, -0.2) is 0 Å². The van der Waals surface area contributed by atoms with Crippen LogP contribution >= 0.6 is 11.8 Å². The molecule has 2 aromatic rings. The molecule has 0 spiro atoms. The van der Waals surface area contributed by atoms with E-state index in [1.54, 1.807) is 18.1 Å².